The van der Waals surface area contributed by atoms with Crippen LogP contribution in [0.4, 0.5) is 0 Å². The second-order valence-electron chi connectivity index (χ2n) is 5.00. The van der Waals surface area contributed by atoms with Gasteiger partial charge in [-0.1, -0.05) is 42.5 Å². The van der Waals surface area contributed by atoms with Crippen LogP contribution in [0, 0.1) is 5.92 Å². The zero-order valence-electron chi connectivity index (χ0n) is 11.1. The topological polar surface area (TPSA) is 24.1 Å². The van der Waals surface area contributed by atoms with Crippen LogP contribution < -0.4 is 10.6 Å². The Kier molecular flexibility index (Phi) is 5.97. The number of benzene rings is 1. The molecule has 0 unspecified atom stereocenters. The molecule has 18 heavy (non-hydrogen) atoms. The third kappa shape index (κ3) is 5.03. The van der Waals surface area contributed by atoms with E-state index in [0.717, 1.165) is 18.9 Å². The predicted octanol–water partition coefficient (Wildman–Crippen LogP) is 2.68. The minimum atomic E-state index is 0.879. The van der Waals surface area contributed by atoms with Gasteiger partial charge in [0.15, 0.2) is 0 Å². The average Bonchev–Trinajstić information content (AvgIpc) is 2.45. The van der Waals surface area contributed by atoms with Gasteiger partial charge in [-0.25, -0.2) is 0 Å². The van der Waals surface area contributed by atoms with E-state index in [1.165, 1.54) is 38.0 Å². The number of hydrogen-bond donors (Lipinski definition) is 2. The second-order valence-corrected chi connectivity index (χ2v) is 5.00. The van der Waals surface area contributed by atoms with Crippen LogP contribution in [-0.2, 0) is 0 Å². The molecule has 1 aliphatic heterocycles. The average molecular weight is 244 g/mol. The smallest absolute Gasteiger partial charge is 0.00140 e. The zero-order valence-corrected chi connectivity index (χ0v) is 11.1. The molecule has 98 valence electrons. The van der Waals surface area contributed by atoms with Gasteiger partial charge in [-0.3, -0.25) is 0 Å². The van der Waals surface area contributed by atoms with E-state index in [9.17, 15) is 0 Å². The highest BCUT2D eigenvalue weighted by atomic mass is 14.9. The van der Waals surface area contributed by atoms with Gasteiger partial charge in [0.05, 0.1) is 0 Å². The Balaban J connectivity index is 1.54. The van der Waals surface area contributed by atoms with E-state index in [-0.39, 0.29) is 0 Å². The van der Waals surface area contributed by atoms with Gasteiger partial charge in [0.25, 0.3) is 0 Å². The third-order valence-corrected chi connectivity index (χ3v) is 3.49. The summed E-state index contributed by atoms with van der Waals surface area (Å²) in [5, 5.41) is 6.97. The fourth-order valence-electron chi connectivity index (χ4n) is 2.36. The Bertz CT molecular complexity index is 339. The maximum absolute atomic E-state index is 3.56. The lowest BCUT2D eigenvalue weighted by Crippen LogP contribution is -2.33. The van der Waals surface area contributed by atoms with Crippen molar-refractivity contribution in [2.75, 3.05) is 26.2 Å². The van der Waals surface area contributed by atoms with Gasteiger partial charge in [-0.2, -0.15) is 0 Å². The third-order valence-electron chi connectivity index (χ3n) is 3.49. The molecule has 0 saturated carbocycles. The summed E-state index contributed by atoms with van der Waals surface area (Å²) >= 11 is 0. The lowest BCUT2D eigenvalue weighted by Gasteiger charge is -2.22. The van der Waals surface area contributed by atoms with Crippen LogP contribution in [0.2, 0.25) is 0 Å². The van der Waals surface area contributed by atoms with Crippen LogP contribution in [0.3, 0.4) is 0 Å². The van der Waals surface area contributed by atoms with E-state index < -0.39 is 0 Å². The number of piperidine rings is 1. The molecule has 1 saturated heterocycles. The molecule has 1 aromatic rings. The molecule has 2 N–H and O–H groups in total. The van der Waals surface area contributed by atoms with Crippen molar-refractivity contribution in [1.29, 1.82) is 0 Å². The monoisotopic (exact) mass is 244 g/mol. The second kappa shape index (κ2) is 8.06. The molecule has 0 bridgehead atoms. The zero-order chi connectivity index (χ0) is 12.5. The first-order valence-corrected chi connectivity index (χ1v) is 7.08. The van der Waals surface area contributed by atoms with Crippen molar-refractivity contribution in [3.8, 4) is 0 Å². The molecule has 1 aromatic carbocycles. The van der Waals surface area contributed by atoms with E-state index in [2.05, 4.69) is 53.1 Å². The van der Waals surface area contributed by atoms with Gasteiger partial charge in [0.1, 0.15) is 0 Å². The minimum absolute atomic E-state index is 0.879. The van der Waals surface area contributed by atoms with E-state index in [1.54, 1.807) is 0 Å². The van der Waals surface area contributed by atoms with Gasteiger partial charge in [-0.05, 0) is 56.9 Å². The van der Waals surface area contributed by atoms with Crippen molar-refractivity contribution in [2.24, 2.45) is 5.92 Å². The molecule has 0 aliphatic carbocycles. The largest absolute Gasteiger partial charge is 0.317 e. The summed E-state index contributed by atoms with van der Waals surface area (Å²) in [6.45, 7) is 4.66. The summed E-state index contributed by atoms with van der Waals surface area (Å²) in [4.78, 5) is 0. The Morgan fingerprint density at radius 2 is 1.94 bits per heavy atom. The number of rotatable bonds is 6. The Hall–Kier alpha value is -1.12. The summed E-state index contributed by atoms with van der Waals surface area (Å²) in [7, 11) is 0. The van der Waals surface area contributed by atoms with Crippen LogP contribution in [0.25, 0.3) is 6.08 Å². The first-order valence-electron chi connectivity index (χ1n) is 7.08. The van der Waals surface area contributed by atoms with E-state index in [4.69, 9.17) is 0 Å². The number of nitrogens with one attached hydrogen (secondary N) is 2. The van der Waals surface area contributed by atoms with Crippen molar-refractivity contribution in [1.82, 2.24) is 10.6 Å². The highest BCUT2D eigenvalue weighted by molar-refractivity contribution is 5.48. The highest BCUT2D eigenvalue weighted by Gasteiger charge is 2.11. The van der Waals surface area contributed by atoms with Crippen molar-refractivity contribution < 1.29 is 0 Å². The van der Waals surface area contributed by atoms with E-state index in [0.29, 0.717) is 0 Å². The number of hydrogen-bond acceptors (Lipinski definition) is 2. The normalized spacial score (nSPS) is 17.3. The molecule has 0 spiro atoms. The molecular weight excluding hydrogens is 220 g/mol. The molecule has 0 atom stereocenters. The molecular formula is C16H24N2. The molecule has 1 aliphatic rings. The van der Waals surface area contributed by atoms with Gasteiger partial charge < -0.3 is 10.6 Å². The standard InChI is InChI=1S/C16H24N2/c1-2-6-15(7-3-1)8-4-5-11-18-14-16-9-12-17-13-10-16/h1-4,6-8,16-18H,5,9-14H2. The molecule has 0 radical (unpaired) electrons. The summed E-state index contributed by atoms with van der Waals surface area (Å²) in [6, 6.07) is 10.5. The van der Waals surface area contributed by atoms with Crippen LogP contribution in [0.15, 0.2) is 36.4 Å². The molecule has 1 heterocycles. The first-order chi connectivity index (χ1) is 8.95. The molecule has 1 fully saturated rings. The lowest BCUT2D eigenvalue weighted by molar-refractivity contribution is 0.358. The molecule has 2 heteroatoms. The van der Waals surface area contributed by atoms with Crippen LogP contribution in [0.1, 0.15) is 24.8 Å². The van der Waals surface area contributed by atoms with Crippen LogP contribution >= 0.6 is 0 Å². The Morgan fingerprint density at radius 3 is 2.72 bits per heavy atom. The maximum atomic E-state index is 3.56. The molecule has 0 amide bonds. The molecule has 0 aromatic heterocycles. The SMILES string of the molecule is C(=Cc1ccccc1)CCNCC1CCNCC1. The fraction of sp³-hybridized carbons (Fsp3) is 0.500. The molecule has 2 nitrogen and oxygen atoms in total. The Morgan fingerprint density at radius 1 is 1.17 bits per heavy atom. The van der Waals surface area contributed by atoms with Crippen molar-refractivity contribution in [3.05, 3.63) is 42.0 Å². The van der Waals surface area contributed by atoms with Crippen LogP contribution in [-0.4, -0.2) is 26.2 Å². The highest BCUT2D eigenvalue weighted by Crippen LogP contribution is 2.09. The summed E-state index contributed by atoms with van der Waals surface area (Å²) in [5.74, 6) is 0.879. The Labute approximate surface area is 110 Å². The van der Waals surface area contributed by atoms with Crippen molar-refractivity contribution >= 4 is 6.08 Å². The lowest BCUT2D eigenvalue weighted by atomic mass is 9.98. The molecule has 2 rings (SSSR count). The van der Waals surface area contributed by atoms with Crippen molar-refractivity contribution in [2.45, 2.75) is 19.3 Å². The summed E-state index contributed by atoms with van der Waals surface area (Å²) < 4.78 is 0. The first kappa shape index (κ1) is 13.3. The quantitative estimate of drug-likeness (QED) is 0.752. The minimum Gasteiger partial charge on any atom is -0.317 e. The van der Waals surface area contributed by atoms with Crippen molar-refractivity contribution in [3.63, 3.8) is 0 Å². The van der Waals surface area contributed by atoms with Gasteiger partial charge in [0.2, 0.25) is 0 Å². The van der Waals surface area contributed by atoms with E-state index >= 15 is 0 Å². The van der Waals surface area contributed by atoms with Gasteiger partial charge >= 0.3 is 0 Å². The van der Waals surface area contributed by atoms with Crippen LogP contribution in [0.5, 0.6) is 0 Å². The maximum Gasteiger partial charge on any atom is -0.00140 e. The predicted molar refractivity (Wildman–Crippen MR) is 78.6 cm³/mol. The van der Waals surface area contributed by atoms with Gasteiger partial charge in [-0.15, -0.1) is 0 Å². The summed E-state index contributed by atoms with van der Waals surface area (Å²) in [5.41, 5.74) is 1.29. The summed E-state index contributed by atoms with van der Waals surface area (Å²) in [6.07, 6.45) is 8.22. The fourth-order valence-corrected chi connectivity index (χ4v) is 2.36. The van der Waals surface area contributed by atoms with Gasteiger partial charge in [0, 0.05) is 0 Å². The van der Waals surface area contributed by atoms with E-state index in [1.807, 2.05) is 0 Å².